The van der Waals surface area contributed by atoms with Gasteiger partial charge in [-0.2, -0.15) is 0 Å². The SMILES string of the molecule is CCCCCCCCCCCCCCCCCCC(O)CCCI.c1ccncc1. The monoisotopic (exact) mass is 531 g/mol. The highest BCUT2D eigenvalue weighted by Gasteiger charge is 2.02. The minimum atomic E-state index is -0.0357. The van der Waals surface area contributed by atoms with E-state index in [2.05, 4.69) is 34.5 Å². The predicted octanol–water partition coefficient (Wildman–Crippen LogP) is 9.30. The smallest absolute Gasteiger partial charge is 0.0540 e. The zero-order valence-electron chi connectivity index (χ0n) is 19.9. The van der Waals surface area contributed by atoms with Crippen LogP contribution in [0.3, 0.4) is 0 Å². The first-order valence-electron chi connectivity index (χ1n) is 12.9. The summed E-state index contributed by atoms with van der Waals surface area (Å²) in [5.74, 6) is 0. The summed E-state index contributed by atoms with van der Waals surface area (Å²) < 4.78 is 1.17. The van der Waals surface area contributed by atoms with E-state index in [4.69, 9.17) is 0 Å². The maximum atomic E-state index is 9.79. The van der Waals surface area contributed by atoms with Crippen LogP contribution in [0.1, 0.15) is 129 Å². The zero-order chi connectivity index (χ0) is 22.0. The fourth-order valence-corrected chi connectivity index (χ4v) is 4.14. The summed E-state index contributed by atoms with van der Waals surface area (Å²) >= 11 is 2.39. The number of nitrogens with zero attached hydrogens (tertiary/aromatic N) is 1. The van der Waals surface area contributed by atoms with Crippen LogP contribution < -0.4 is 0 Å². The van der Waals surface area contributed by atoms with Gasteiger partial charge in [-0.15, -0.1) is 0 Å². The van der Waals surface area contributed by atoms with Crippen molar-refractivity contribution < 1.29 is 5.11 Å². The molecule has 0 aliphatic heterocycles. The van der Waals surface area contributed by atoms with Gasteiger partial charge in [0.25, 0.3) is 0 Å². The van der Waals surface area contributed by atoms with E-state index in [1.807, 2.05) is 18.2 Å². The van der Waals surface area contributed by atoms with Gasteiger partial charge in [0.05, 0.1) is 6.10 Å². The second kappa shape index (κ2) is 26.9. The van der Waals surface area contributed by atoms with Crippen LogP contribution in [0.2, 0.25) is 0 Å². The Morgan fingerprint density at radius 2 is 1.00 bits per heavy atom. The van der Waals surface area contributed by atoms with Crippen LogP contribution in [-0.4, -0.2) is 20.6 Å². The van der Waals surface area contributed by atoms with Crippen LogP contribution in [0, 0.1) is 0 Å². The highest BCUT2D eigenvalue weighted by Crippen LogP contribution is 2.15. The second-order valence-corrected chi connectivity index (χ2v) is 9.68. The van der Waals surface area contributed by atoms with Crippen molar-refractivity contribution in [3.8, 4) is 0 Å². The molecule has 0 aromatic carbocycles. The molecule has 1 aromatic rings. The average molecular weight is 532 g/mol. The number of pyridine rings is 1. The van der Waals surface area contributed by atoms with E-state index >= 15 is 0 Å². The first kappa shape index (κ1) is 29.8. The molecule has 1 atom stereocenters. The average Bonchev–Trinajstić information content (AvgIpc) is 2.79. The lowest BCUT2D eigenvalue weighted by Crippen LogP contribution is -2.06. The Bertz CT molecular complexity index is 374. The molecule has 1 unspecified atom stereocenters. The number of rotatable bonds is 20. The summed E-state index contributed by atoms with van der Waals surface area (Å²) in [6.45, 7) is 2.29. The van der Waals surface area contributed by atoms with Crippen molar-refractivity contribution >= 4 is 22.6 Å². The summed E-state index contributed by atoms with van der Waals surface area (Å²) in [5.41, 5.74) is 0. The van der Waals surface area contributed by atoms with Crippen LogP contribution >= 0.6 is 22.6 Å². The second-order valence-electron chi connectivity index (χ2n) is 8.60. The third-order valence-corrected chi connectivity index (χ3v) is 6.39. The van der Waals surface area contributed by atoms with E-state index in [9.17, 15) is 5.11 Å². The molecule has 30 heavy (non-hydrogen) atoms. The third kappa shape index (κ3) is 25.9. The lowest BCUT2D eigenvalue weighted by molar-refractivity contribution is 0.150. The minimum absolute atomic E-state index is 0.0357. The summed E-state index contributed by atoms with van der Waals surface area (Å²) in [7, 11) is 0. The van der Waals surface area contributed by atoms with Gasteiger partial charge in [0.15, 0.2) is 0 Å². The molecule has 0 saturated heterocycles. The summed E-state index contributed by atoms with van der Waals surface area (Å²) in [5, 5.41) is 9.79. The Kier molecular flexibility index (Phi) is 26.7. The molecule has 0 bridgehead atoms. The first-order valence-corrected chi connectivity index (χ1v) is 14.4. The fraction of sp³-hybridized carbons (Fsp3) is 0.815. The predicted molar refractivity (Wildman–Crippen MR) is 143 cm³/mol. The van der Waals surface area contributed by atoms with Gasteiger partial charge in [0.1, 0.15) is 0 Å². The molecule has 1 aromatic heterocycles. The normalized spacial score (nSPS) is 11.7. The first-order chi connectivity index (χ1) is 14.8. The van der Waals surface area contributed by atoms with E-state index in [0.29, 0.717) is 0 Å². The molecule has 0 fully saturated rings. The topological polar surface area (TPSA) is 33.1 Å². The number of aliphatic hydroxyl groups is 1. The lowest BCUT2D eigenvalue weighted by Gasteiger charge is -2.09. The summed E-state index contributed by atoms with van der Waals surface area (Å²) in [6.07, 6.45) is 29.3. The van der Waals surface area contributed by atoms with Crippen molar-refractivity contribution in [3.63, 3.8) is 0 Å². The van der Waals surface area contributed by atoms with E-state index < -0.39 is 0 Å². The van der Waals surface area contributed by atoms with Crippen LogP contribution in [0.4, 0.5) is 0 Å². The van der Waals surface area contributed by atoms with Crippen LogP contribution in [0.5, 0.6) is 0 Å². The molecular weight excluding hydrogens is 481 g/mol. The Balaban J connectivity index is 0.00000118. The van der Waals surface area contributed by atoms with Crippen LogP contribution in [0.25, 0.3) is 0 Å². The molecule has 0 radical (unpaired) electrons. The van der Waals surface area contributed by atoms with Gasteiger partial charge in [-0.1, -0.05) is 138 Å². The molecule has 2 nitrogen and oxygen atoms in total. The van der Waals surface area contributed by atoms with Gasteiger partial charge in [-0.25, -0.2) is 0 Å². The number of alkyl halides is 1. The van der Waals surface area contributed by atoms with E-state index in [1.165, 1.54) is 114 Å². The highest BCUT2D eigenvalue weighted by atomic mass is 127. The number of hydrogen-bond donors (Lipinski definition) is 1. The number of aliphatic hydroxyl groups excluding tert-OH is 1. The summed E-state index contributed by atoms with van der Waals surface area (Å²) in [6, 6.07) is 5.72. The molecule has 0 saturated carbocycles. The molecule has 176 valence electrons. The third-order valence-electron chi connectivity index (χ3n) is 5.63. The molecule has 1 rings (SSSR count). The maximum Gasteiger partial charge on any atom is 0.0540 e. The van der Waals surface area contributed by atoms with E-state index in [0.717, 1.165) is 12.8 Å². The van der Waals surface area contributed by atoms with Gasteiger partial charge < -0.3 is 5.11 Å². The van der Waals surface area contributed by atoms with Crippen molar-refractivity contribution in [2.24, 2.45) is 0 Å². The fourth-order valence-electron chi connectivity index (χ4n) is 3.70. The van der Waals surface area contributed by atoms with Crippen molar-refractivity contribution in [2.75, 3.05) is 4.43 Å². The number of unbranched alkanes of at least 4 members (excludes halogenated alkanes) is 15. The molecule has 3 heteroatoms. The molecule has 0 amide bonds. The van der Waals surface area contributed by atoms with Crippen molar-refractivity contribution in [1.29, 1.82) is 0 Å². The molecule has 0 spiro atoms. The van der Waals surface area contributed by atoms with Gasteiger partial charge in [0.2, 0.25) is 0 Å². The van der Waals surface area contributed by atoms with E-state index in [1.54, 1.807) is 12.4 Å². The van der Waals surface area contributed by atoms with Gasteiger partial charge in [0, 0.05) is 12.4 Å². The zero-order valence-corrected chi connectivity index (χ0v) is 22.0. The minimum Gasteiger partial charge on any atom is -0.393 e. The van der Waals surface area contributed by atoms with Gasteiger partial charge in [-0.05, 0) is 35.8 Å². The molecular formula is C27H50INO. The lowest BCUT2D eigenvalue weighted by atomic mass is 10.0. The van der Waals surface area contributed by atoms with Crippen molar-refractivity contribution in [3.05, 3.63) is 30.6 Å². The molecule has 0 aliphatic carbocycles. The Hall–Kier alpha value is -0.160. The highest BCUT2D eigenvalue weighted by molar-refractivity contribution is 14.1. The Morgan fingerprint density at radius 1 is 0.600 bits per heavy atom. The Labute approximate surface area is 202 Å². The van der Waals surface area contributed by atoms with Crippen molar-refractivity contribution in [1.82, 2.24) is 4.98 Å². The molecule has 1 N–H and O–H groups in total. The number of hydrogen-bond acceptors (Lipinski definition) is 2. The van der Waals surface area contributed by atoms with Crippen molar-refractivity contribution in [2.45, 2.75) is 135 Å². The standard InChI is InChI=1S/C22H45IO.C5H5N/c1-2-3-4-5-6-7-8-9-10-11-12-13-14-15-16-17-19-22(24)20-18-21-23;1-2-4-6-5-3-1/h22,24H,2-21H2,1H3;1-5H. The van der Waals surface area contributed by atoms with E-state index in [-0.39, 0.29) is 6.10 Å². The van der Waals surface area contributed by atoms with Gasteiger partial charge >= 0.3 is 0 Å². The quantitative estimate of drug-likeness (QED) is 0.103. The van der Waals surface area contributed by atoms with Gasteiger partial charge in [-0.3, -0.25) is 4.98 Å². The largest absolute Gasteiger partial charge is 0.393 e. The Morgan fingerprint density at radius 3 is 1.33 bits per heavy atom. The van der Waals surface area contributed by atoms with Crippen LogP contribution in [-0.2, 0) is 0 Å². The summed E-state index contributed by atoms with van der Waals surface area (Å²) in [4.78, 5) is 3.78. The number of aromatic nitrogens is 1. The number of halogens is 1. The maximum absolute atomic E-state index is 9.79. The molecule has 1 heterocycles. The molecule has 0 aliphatic rings. The van der Waals surface area contributed by atoms with Crippen LogP contribution in [0.15, 0.2) is 30.6 Å².